The van der Waals surface area contributed by atoms with Crippen LogP contribution in [0.4, 0.5) is 0 Å². The normalized spacial score (nSPS) is 10.9. The molecule has 0 aromatic heterocycles. The van der Waals surface area contributed by atoms with Crippen molar-refractivity contribution in [2.45, 2.75) is 27.2 Å². The predicted octanol–water partition coefficient (Wildman–Crippen LogP) is -6.23. The molecule has 0 aliphatic carbocycles. The van der Waals surface area contributed by atoms with Crippen LogP contribution in [-0.4, -0.2) is 11.9 Å². The molecule has 0 unspecified atom stereocenters. The van der Waals surface area contributed by atoms with E-state index in [1.54, 1.807) is 51.1 Å². The number of hydrogen-bond acceptors (Lipinski definition) is 4. The number of carboxylic acids is 2. The van der Waals surface area contributed by atoms with Crippen molar-refractivity contribution in [1.29, 1.82) is 0 Å². The second-order valence-electron chi connectivity index (χ2n) is 5.39. The van der Waals surface area contributed by atoms with Gasteiger partial charge in [-0.15, -0.1) is 0 Å². The summed E-state index contributed by atoms with van der Waals surface area (Å²) in [6.45, 7) is 4.67. The van der Waals surface area contributed by atoms with Gasteiger partial charge >= 0.3 is 59.1 Å². The van der Waals surface area contributed by atoms with Gasteiger partial charge in [0.25, 0.3) is 0 Å². The van der Waals surface area contributed by atoms with E-state index in [9.17, 15) is 19.8 Å². The van der Waals surface area contributed by atoms with Crippen molar-refractivity contribution in [3.63, 3.8) is 0 Å². The summed E-state index contributed by atoms with van der Waals surface area (Å²) in [6, 6.07) is 8.61. The smallest absolute Gasteiger partial charge is 0.549 e. The van der Waals surface area contributed by atoms with Crippen LogP contribution in [0.1, 0.15) is 26.3 Å². The molecule has 98 valence electrons. The zero-order valence-corrected chi connectivity index (χ0v) is 16.7. The first-order valence-corrected chi connectivity index (χ1v) is 5.68. The average molecular weight is 294 g/mol. The first kappa shape index (κ1) is 22.4. The fraction of sp³-hybridized carbons (Fsp3) is 0.429. The molecule has 1 rings (SSSR count). The molecule has 0 atom stereocenters. The molecule has 0 N–H and O–H groups in total. The van der Waals surface area contributed by atoms with Gasteiger partial charge in [-0.1, -0.05) is 51.1 Å². The van der Waals surface area contributed by atoms with Crippen LogP contribution in [0.15, 0.2) is 30.3 Å². The standard InChI is InChI=1S/C14H18O4.2Na/c1-13(2,3)14(11(15)16,12(17)18)9-10-7-5-4-6-8-10;;/h4-8H,9H2,1-3H3,(H,15,16)(H,17,18);;/q;2*+1/p-2. The molecule has 0 spiro atoms. The maximum atomic E-state index is 11.4. The topological polar surface area (TPSA) is 80.3 Å². The molecule has 1 aromatic rings. The molecular formula is C14H16Na2O4. The molecule has 4 nitrogen and oxygen atoms in total. The fourth-order valence-corrected chi connectivity index (χ4v) is 2.01. The number of benzene rings is 1. The van der Waals surface area contributed by atoms with Crippen LogP contribution >= 0.6 is 0 Å². The van der Waals surface area contributed by atoms with E-state index in [0.29, 0.717) is 5.56 Å². The van der Waals surface area contributed by atoms with E-state index in [2.05, 4.69) is 0 Å². The summed E-state index contributed by atoms with van der Waals surface area (Å²) < 4.78 is 0. The molecule has 0 saturated heterocycles. The minimum Gasteiger partial charge on any atom is -0.549 e. The Morgan fingerprint density at radius 2 is 1.35 bits per heavy atom. The van der Waals surface area contributed by atoms with E-state index in [1.807, 2.05) is 0 Å². The van der Waals surface area contributed by atoms with Crippen molar-refractivity contribution in [2.75, 3.05) is 0 Å². The number of carbonyl (C=O) groups is 2. The monoisotopic (exact) mass is 294 g/mol. The van der Waals surface area contributed by atoms with Gasteiger partial charge in [0.2, 0.25) is 0 Å². The van der Waals surface area contributed by atoms with Crippen molar-refractivity contribution >= 4 is 11.9 Å². The van der Waals surface area contributed by atoms with Gasteiger partial charge in [0.05, 0.1) is 17.4 Å². The Balaban J connectivity index is 0. The van der Waals surface area contributed by atoms with Crippen molar-refractivity contribution in [2.24, 2.45) is 10.8 Å². The Bertz CT molecular complexity index is 438. The molecule has 0 bridgehead atoms. The van der Waals surface area contributed by atoms with Crippen LogP contribution in [0, 0.1) is 10.8 Å². The van der Waals surface area contributed by atoms with Crippen LogP contribution < -0.4 is 69.3 Å². The summed E-state index contributed by atoms with van der Waals surface area (Å²) in [5.74, 6) is -3.22. The molecule has 20 heavy (non-hydrogen) atoms. The third kappa shape index (κ3) is 4.58. The quantitative estimate of drug-likeness (QED) is 0.409. The summed E-state index contributed by atoms with van der Waals surface area (Å²) in [6.07, 6.45) is -0.151. The largest absolute Gasteiger partial charge is 1.00 e. The minimum atomic E-state index is -2.05. The number of rotatable bonds is 4. The fourth-order valence-electron chi connectivity index (χ4n) is 2.01. The average Bonchev–Trinajstić information content (AvgIpc) is 2.24. The third-order valence-corrected chi connectivity index (χ3v) is 3.29. The molecular weight excluding hydrogens is 278 g/mol. The van der Waals surface area contributed by atoms with E-state index in [-0.39, 0.29) is 65.5 Å². The molecule has 0 fully saturated rings. The Morgan fingerprint density at radius 3 is 1.65 bits per heavy atom. The molecule has 0 heterocycles. The summed E-state index contributed by atoms with van der Waals surface area (Å²) in [5, 5.41) is 22.8. The zero-order valence-electron chi connectivity index (χ0n) is 12.7. The SMILES string of the molecule is CC(C)(C)C(Cc1ccccc1)(C(=O)[O-])C(=O)[O-].[Na+].[Na+]. The minimum absolute atomic E-state index is 0. The van der Waals surface area contributed by atoms with Crippen molar-refractivity contribution in [3.05, 3.63) is 35.9 Å². The first-order valence-electron chi connectivity index (χ1n) is 5.68. The van der Waals surface area contributed by atoms with Gasteiger partial charge in [0, 0.05) is 0 Å². The predicted molar refractivity (Wildman–Crippen MR) is 62.0 cm³/mol. The maximum Gasteiger partial charge on any atom is 1.00 e. The van der Waals surface area contributed by atoms with Gasteiger partial charge in [-0.3, -0.25) is 0 Å². The van der Waals surface area contributed by atoms with Gasteiger partial charge in [-0.2, -0.15) is 0 Å². The molecule has 0 aliphatic heterocycles. The number of aliphatic carboxylic acids is 2. The molecule has 0 amide bonds. The molecule has 0 saturated carbocycles. The zero-order chi connectivity index (χ0) is 14.0. The second kappa shape index (κ2) is 8.57. The van der Waals surface area contributed by atoms with Crippen LogP contribution in [0.3, 0.4) is 0 Å². The van der Waals surface area contributed by atoms with E-state index in [4.69, 9.17) is 0 Å². The Morgan fingerprint density at radius 1 is 0.950 bits per heavy atom. The van der Waals surface area contributed by atoms with E-state index < -0.39 is 22.8 Å². The van der Waals surface area contributed by atoms with E-state index in [1.165, 1.54) is 0 Å². The summed E-state index contributed by atoms with van der Waals surface area (Å²) in [7, 11) is 0. The van der Waals surface area contributed by atoms with Gasteiger partial charge in [0.15, 0.2) is 0 Å². The van der Waals surface area contributed by atoms with Gasteiger partial charge in [-0.25, -0.2) is 0 Å². The number of hydrogen-bond donors (Lipinski definition) is 0. The summed E-state index contributed by atoms with van der Waals surface area (Å²) in [4.78, 5) is 22.8. The van der Waals surface area contributed by atoms with Gasteiger partial charge in [0.1, 0.15) is 0 Å². The van der Waals surface area contributed by atoms with Crippen molar-refractivity contribution < 1.29 is 78.9 Å². The van der Waals surface area contributed by atoms with Crippen LogP contribution in [-0.2, 0) is 16.0 Å². The second-order valence-corrected chi connectivity index (χ2v) is 5.39. The summed E-state index contributed by atoms with van der Waals surface area (Å²) in [5.41, 5.74) is -2.43. The van der Waals surface area contributed by atoms with Crippen LogP contribution in [0.2, 0.25) is 0 Å². The number of carboxylic acid groups (broad SMARTS) is 2. The molecule has 0 aliphatic rings. The molecule has 6 heteroatoms. The van der Waals surface area contributed by atoms with Crippen molar-refractivity contribution in [3.8, 4) is 0 Å². The Labute approximate surface area is 163 Å². The van der Waals surface area contributed by atoms with Gasteiger partial charge in [-0.05, 0) is 17.4 Å². The van der Waals surface area contributed by atoms with Crippen LogP contribution in [0.25, 0.3) is 0 Å². The Kier molecular flexibility index (Phi) is 9.61. The van der Waals surface area contributed by atoms with Crippen molar-refractivity contribution in [1.82, 2.24) is 0 Å². The third-order valence-electron chi connectivity index (χ3n) is 3.29. The van der Waals surface area contributed by atoms with Crippen LogP contribution in [0.5, 0.6) is 0 Å². The first-order chi connectivity index (χ1) is 8.22. The van der Waals surface area contributed by atoms with Gasteiger partial charge < -0.3 is 19.8 Å². The number of carbonyl (C=O) groups excluding carboxylic acids is 2. The molecule has 1 aromatic carbocycles. The van der Waals surface area contributed by atoms with E-state index in [0.717, 1.165) is 0 Å². The van der Waals surface area contributed by atoms with E-state index >= 15 is 0 Å². The summed E-state index contributed by atoms with van der Waals surface area (Å²) >= 11 is 0. The maximum absolute atomic E-state index is 11.4. The Hall–Kier alpha value is 0.160. The molecule has 0 radical (unpaired) electrons.